The molecule has 0 aliphatic carbocycles. The van der Waals surface area contributed by atoms with Gasteiger partial charge in [-0.25, -0.2) is 0 Å². The molecule has 3 nitrogen and oxygen atoms in total. The van der Waals surface area contributed by atoms with Gasteiger partial charge in [-0.05, 0) is 30.4 Å². The van der Waals surface area contributed by atoms with E-state index in [2.05, 4.69) is 17.4 Å². The molecule has 3 rings (SSSR count). The molecule has 1 amide bonds. The van der Waals surface area contributed by atoms with E-state index in [4.69, 9.17) is 4.74 Å². The summed E-state index contributed by atoms with van der Waals surface area (Å²) < 4.78 is 5.88. The van der Waals surface area contributed by atoms with E-state index < -0.39 is 6.10 Å². The van der Waals surface area contributed by atoms with Gasteiger partial charge in [0, 0.05) is 11.9 Å². The second-order valence-corrected chi connectivity index (χ2v) is 5.76. The Morgan fingerprint density at radius 2 is 1.67 bits per heavy atom. The van der Waals surface area contributed by atoms with E-state index in [1.807, 2.05) is 60.7 Å². The van der Waals surface area contributed by atoms with Gasteiger partial charge in [0.2, 0.25) is 0 Å². The lowest BCUT2D eigenvalue weighted by atomic mass is 10.1. The van der Waals surface area contributed by atoms with Crippen molar-refractivity contribution < 1.29 is 9.53 Å². The fraction of sp³-hybridized carbons (Fsp3) is 0.190. The third-order valence-corrected chi connectivity index (χ3v) is 3.98. The molecule has 0 spiro atoms. The maximum atomic E-state index is 12.2. The van der Waals surface area contributed by atoms with Crippen LogP contribution in [0.1, 0.15) is 12.5 Å². The molecule has 0 bridgehead atoms. The largest absolute Gasteiger partial charge is 0.480 e. The van der Waals surface area contributed by atoms with Crippen LogP contribution in [0.3, 0.4) is 0 Å². The number of amides is 1. The van der Waals surface area contributed by atoms with E-state index in [-0.39, 0.29) is 5.91 Å². The Bertz CT molecular complexity index is 809. The van der Waals surface area contributed by atoms with Gasteiger partial charge in [-0.15, -0.1) is 0 Å². The number of hydrogen-bond donors (Lipinski definition) is 1. The van der Waals surface area contributed by atoms with Crippen molar-refractivity contribution in [3.8, 4) is 5.75 Å². The van der Waals surface area contributed by atoms with Crippen molar-refractivity contribution in [2.75, 3.05) is 6.54 Å². The standard InChI is InChI=1S/C21H21NO2/c1-16(21(23)22-15-14-17-8-3-2-4-9-17)24-20-13-7-11-18-10-5-6-12-19(18)20/h2-13,16H,14-15H2,1H3,(H,22,23)/t16-/m0/s1. The molecule has 0 unspecified atom stereocenters. The summed E-state index contributed by atoms with van der Waals surface area (Å²) in [7, 11) is 0. The molecule has 0 saturated heterocycles. The Labute approximate surface area is 142 Å². The van der Waals surface area contributed by atoms with Gasteiger partial charge < -0.3 is 10.1 Å². The lowest BCUT2D eigenvalue weighted by Gasteiger charge is -2.16. The molecular formula is C21H21NO2. The normalized spacial score (nSPS) is 11.9. The summed E-state index contributed by atoms with van der Waals surface area (Å²) in [4.78, 5) is 12.2. The zero-order chi connectivity index (χ0) is 16.8. The minimum absolute atomic E-state index is 0.0983. The molecule has 1 N–H and O–H groups in total. The number of carbonyl (C=O) groups is 1. The number of rotatable bonds is 6. The van der Waals surface area contributed by atoms with E-state index in [0.29, 0.717) is 6.54 Å². The number of nitrogens with one attached hydrogen (secondary N) is 1. The topological polar surface area (TPSA) is 38.3 Å². The zero-order valence-corrected chi connectivity index (χ0v) is 13.7. The fourth-order valence-electron chi connectivity index (χ4n) is 2.66. The average Bonchev–Trinajstić information content (AvgIpc) is 2.63. The lowest BCUT2D eigenvalue weighted by Crippen LogP contribution is -2.37. The SMILES string of the molecule is C[C@H](Oc1cccc2ccccc12)C(=O)NCCc1ccccc1. The van der Waals surface area contributed by atoms with Crippen molar-refractivity contribution in [2.45, 2.75) is 19.4 Å². The first-order chi connectivity index (χ1) is 11.7. The minimum atomic E-state index is -0.536. The van der Waals surface area contributed by atoms with E-state index in [9.17, 15) is 4.79 Å². The van der Waals surface area contributed by atoms with Crippen LogP contribution in [0.25, 0.3) is 10.8 Å². The van der Waals surface area contributed by atoms with Crippen molar-refractivity contribution in [1.29, 1.82) is 0 Å². The summed E-state index contributed by atoms with van der Waals surface area (Å²) in [6, 6.07) is 24.0. The summed E-state index contributed by atoms with van der Waals surface area (Å²) in [5, 5.41) is 5.06. The Morgan fingerprint density at radius 3 is 2.50 bits per heavy atom. The van der Waals surface area contributed by atoms with Crippen LogP contribution < -0.4 is 10.1 Å². The summed E-state index contributed by atoms with van der Waals surface area (Å²) in [6.07, 6.45) is 0.277. The van der Waals surface area contributed by atoms with Gasteiger partial charge in [0.15, 0.2) is 6.10 Å². The number of fused-ring (bicyclic) bond motifs is 1. The Morgan fingerprint density at radius 1 is 0.958 bits per heavy atom. The van der Waals surface area contributed by atoms with Gasteiger partial charge >= 0.3 is 0 Å². The van der Waals surface area contributed by atoms with Crippen LogP contribution in [-0.2, 0) is 11.2 Å². The highest BCUT2D eigenvalue weighted by Gasteiger charge is 2.15. The van der Waals surface area contributed by atoms with Crippen LogP contribution in [0.2, 0.25) is 0 Å². The first-order valence-corrected chi connectivity index (χ1v) is 8.20. The van der Waals surface area contributed by atoms with Gasteiger partial charge in [0.05, 0.1) is 0 Å². The van der Waals surface area contributed by atoms with E-state index in [1.54, 1.807) is 6.92 Å². The molecule has 3 heteroatoms. The number of carbonyl (C=O) groups excluding carboxylic acids is 1. The number of ether oxygens (including phenoxy) is 1. The number of hydrogen-bond acceptors (Lipinski definition) is 2. The van der Waals surface area contributed by atoms with Crippen LogP contribution in [0.15, 0.2) is 72.8 Å². The Balaban J connectivity index is 1.57. The van der Waals surface area contributed by atoms with Crippen LogP contribution in [-0.4, -0.2) is 18.6 Å². The Hall–Kier alpha value is -2.81. The zero-order valence-electron chi connectivity index (χ0n) is 13.7. The molecule has 122 valence electrons. The fourth-order valence-corrected chi connectivity index (χ4v) is 2.66. The predicted octanol–water partition coefficient (Wildman–Crippen LogP) is 3.97. The molecule has 3 aromatic carbocycles. The number of benzene rings is 3. The molecule has 0 aliphatic rings. The summed E-state index contributed by atoms with van der Waals surface area (Å²) in [6.45, 7) is 2.38. The predicted molar refractivity (Wildman–Crippen MR) is 97.2 cm³/mol. The van der Waals surface area contributed by atoms with Gasteiger partial charge in [-0.3, -0.25) is 4.79 Å². The van der Waals surface area contributed by atoms with Gasteiger partial charge in [0.1, 0.15) is 5.75 Å². The lowest BCUT2D eigenvalue weighted by molar-refractivity contribution is -0.127. The highest BCUT2D eigenvalue weighted by Crippen LogP contribution is 2.25. The summed E-state index contributed by atoms with van der Waals surface area (Å²) in [5.74, 6) is 0.637. The van der Waals surface area contributed by atoms with E-state index in [1.165, 1.54) is 5.56 Å². The third kappa shape index (κ3) is 3.93. The molecule has 24 heavy (non-hydrogen) atoms. The van der Waals surface area contributed by atoms with Crippen LogP contribution in [0.5, 0.6) is 5.75 Å². The quantitative estimate of drug-likeness (QED) is 0.746. The molecule has 3 aromatic rings. The molecule has 0 aliphatic heterocycles. The second kappa shape index (κ2) is 7.64. The Kier molecular flexibility index (Phi) is 5.12. The van der Waals surface area contributed by atoms with Gasteiger partial charge in [0.25, 0.3) is 5.91 Å². The molecular weight excluding hydrogens is 298 g/mol. The van der Waals surface area contributed by atoms with Crippen molar-refractivity contribution in [2.24, 2.45) is 0 Å². The third-order valence-electron chi connectivity index (χ3n) is 3.98. The van der Waals surface area contributed by atoms with Crippen molar-refractivity contribution in [3.05, 3.63) is 78.4 Å². The maximum Gasteiger partial charge on any atom is 0.260 e. The maximum absolute atomic E-state index is 12.2. The molecule has 1 atom stereocenters. The molecule has 0 aromatic heterocycles. The van der Waals surface area contributed by atoms with Crippen molar-refractivity contribution in [1.82, 2.24) is 5.32 Å². The van der Waals surface area contributed by atoms with Crippen molar-refractivity contribution in [3.63, 3.8) is 0 Å². The monoisotopic (exact) mass is 319 g/mol. The molecule has 0 fully saturated rings. The first-order valence-electron chi connectivity index (χ1n) is 8.20. The summed E-state index contributed by atoms with van der Waals surface area (Å²) in [5.41, 5.74) is 1.21. The second-order valence-electron chi connectivity index (χ2n) is 5.76. The van der Waals surface area contributed by atoms with Crippen LogP contribution >= 0.6 is 0 Å². The van der Waals surface area contributed by atoms with Crippen LogP contribution in [0.4, 0.5) is 0 Å². The smallest absolute Gasteiger partial charge is 0.260 e. The minimum Gasteiger partial charge on any atom is -0.480 e. The molecule has 0 heterocycles. The average molecular weight is 319 g/mol. The van der Waals surface area contributed by atoms with Crippen molar-refractivity contribution >= 4 is 16.7 Å². The summed E-state index contributed by atoms with van der Waals surface area (Å²) >= 11 is 0. The molecule has 0 saturated carbocycles. The van der Waals surface area contributed by atoms with Gasteiger partial charge in [-0.1, -0.05) is 66.7 Å². The van der Waals surface area contributed by atoms with Gasteiger partial charge in [-0.2, -0.15) is 0 Å². The highest BCUT2D eigenvalue weighted by molar-refractivity contribution is 5.89. The first kappa shape index (κ1) is 16.1. The van der Waals surface area contributed by atoms with Crippen LogP contribution in [0, 0.1) is 0 Å². The highest BCUT2D eigenvalue weighted by atomic mass is 16.5. The van der Waals surface area contributed by atoms with E-state index in [0.717, 1.165) is 22.9 Å². The molecule has 0 radical (unpaired) electrons. The van der Waals surface area contributed by atoms with E-state index >= 15 is 0 Å².